The molecule has 5 rings (SSSR count). The number of imidazole rings is 1. The summed E-state index contributed by atoms with van der Waals surface area (Å²) in [5.74, 6) is 0.575. The Morgan fingerprint density at radius 3 is 2.80 bits per heavy atom. The largest absolute Gasteiger partial charge is 0.471 e. The smallest absolute Gasteiger partial charge is 0.316 e. The number of ether oxygens (including phenoxy) is 1. The van der Waals surface area contributed by atoms with E-state index in [2.05, 4.69) is 25.2 Å². The van der Waals surface area contributed by atoms with E-state index >= 15 is 0 Å². The van der Waals surface area contributed by atoms with Crippen molar-refractivity contribution in [3.8, 4) is 17.3 Å². The highest BCUT2D eigenvalue weighted by molar-refractivity contribution is 5.89. The summed E-state index contributed by atoms with van der Waals surface area (Å²) in [5, 5.41) is 18.1. The summed E-state index contributed by atoms with van der Waals surface area (Å²) in [6, 6.07) is 0. The van der Waals surface area contributed by atoms with E-state index in [-0.39, 0.29) is 17.8 Å². The predicted octanol–water partition coefficient (Wildman–Crippen LogP) is 1.46. The van der Waals surface area contributed by atoms with E-state index in [0.717, 1.165) is 23.6 Å². The van der Waals surface area contributed by atoms with Gasteiger partial charge in [0, 0.05) is 32.3 Å². The summed E-state index contributed by atoms with van der Waals surface area (Å²) < 4.78 is 15.0. The highest BCUT2D eigenvalue weighted by atomic mass is 16.5. The van der Waals surface area contributed by atoms with Gasteiger partial charge in [0.05, 0.1) is 18.3 Å². The van der Waals surface area contributed by atoms with E-state index in [0.29, 0.717) is 36.6 Å². The van der Waals surface area contributed by atoms with Crippen molar-refractivity contribution < 1.29 is 19.2 Å². The Morgan fingerprint density at radius 1 is 1.31 bits per heavy atom. The number of carbonyl (C=O) groups excluding carboxylic acids is 1. The third-order valence-corrected chi connectivity index (χ3v) is 6.13. The van der Waals surface area contributed by atoms with Gasteiger partial charge in [-0.05, 0) is 27.7 Å². The van der Waals surface area contributed by atoms with Crippen molar-refractivity contribution >= 4 is 17.1 Å². The van der Waals surface area contributed by atoms with E-state index in [1.165, 1.54) is 20.2 Å². The Labute approximate surface area is 200 Å². The summed E-state index contributed by atoms with van der Waals surface area (Å²) in [5.41, 5.74) is 1.82. The van der Waals surface area contributed by atoms with Crippen LogP contribution in [0.2, 0.25) is 0 Å². The van der Waals surface area contributed by atoms with Gasteiger partial charge in [-0.2, -0.15) is 15.1 Å². The molecule has 1 amide bonds. The molecule has 0 aromatic carbocycles. The third-order valence-electron chi connectivity index (χ3n) is 6.13. The molecule has 1 atom stereocenters. The molecule has 4 aromatic rings. The van der Waals surface area contributed by atoms with Gasteiger partial charge < -0.3 is 23.8 Å². The van der Waals surface area contributed by atoms with Crippen molar-refractivity contribution in [1.29, 1.82) is 0 Å². The summed E-state index contributed by atoms with van der Waals surface area (Å²) in [7, 11) is 1.90. The fourth-order valence-electron chi connectivity index (χ4n) is 4.15. The molecule has 13 nitrogen and oxygen atoms in total. The Morgan fingerprint density at radius 2 is 2.11 bits per heavy atom. The molecular weight excluding hydrogens is 454 g/mol. The lowest BCUT2D eigenvalue weighted by Gasteiger charge is -2.15. The van der Waals surface area contributed by atoms with E-state index in [1.807, 2.05) is 30.1 Å². The topological polar surface area (TPSA) is 150 Å². The van der Waals surface area contributed by atoms with E-state index in [1.54, 1.807) is 11.1 Å². The van der Waals surface area contributed by atoms with Crippen molar-refractivity contribution in [2.24, 2.45) is 7.05 Å². The minimum Gasteiger partial charge on any atom is -0.471 e. The maximum absolute atomic E-state index is 12.8. The minimum atomic E-state index is -1.30. The lowest BCUT2D eigenvalue weighted by atomic mass is 10.1. The average molecular weight is 482 g/mol. The van der Waals surface area contributed by atoms with Crippen LogP contribution in [0.3, 0.4) is 0 Å². The normalized spacial score (nSPS) is 16.4. The number of hydrogen-bond acceptors (Lipinski definition) is 10. The van der Waals surface area contributed by atoms with Crippen LogP contribution >= 0.6 is 0 Å². The quantitative estimate of drug-likeness (QED) is 0.429. The molecule has 1 aliphatic heterocycles. The predicted molar refractivity (Wildman–Crippen MR) is 122 cm³/mol. The molecule has 0 bridgehead atoms. The first-order valence-corrected chi connectivity index (χ1v) is 11.4. The van der Waals surface area contributed by atoms with Crippen LogP contribution in [0.15, 0.2) is 17.0 Å². The lowest BCUT2D eigenvalue weighted by molar-refractivity contribution is 0.0657. The second kappa shape index (κ2) is 8.41. The van der Waals surface area contributed by atoms with Gasteiger partial charge in [0.15, 0.2) is 11.2 Å². The molecule has 1 aliphatic rings. The van der Waals surface area contributed by atoms with Crippen LogP contribution in [-0.4, -0.2) is 74.5 Å². The van der Waals surface area contributed by atoms with Crippen molar-refractivity contribution in [3.63, 3.8) is 0 Å². The van der Waals surface area contributed by atoms with Gasteiger partial charge in [-0.3, -0.25) is 9.48 Å². The number of rotatable bonds is 6. The van der Waals surface area contributed by atoms with Crippen LogP contribution in [0, 0.1) is 6.92 Å². The first-order valence-electron chi connectivity index (χ1n) is 11.4. The molecule has 13 heteroatoms. The fourth-order valence-corrected chi connectivity index (χ4v) is 4.15. The summed E-state index contributed by atoms with van der Waals surface area (Å²) in [4.78, 5) is 31.9. The molecule has 4 aromatic heterocycles. The van der Waals surface area contributed by atoms with Crippen LogP contribution in [0.4, 0.5) is 0 Å². The number of likely N-dealkylation sites (tertiary alicyclic amines) is 1. The van der Waals surface area contributed by atoms with Crippen LogP contribution in [-0.2, 0) is 19.2 Å². The van der Waals surface area contributed by atoms with Gasteiger partial charge in [0.25, 0.3) is 0 Å². The zero-order valence-corrected chi connectivity index (χ0v) is 20.3. The number of carbonyl (C=O) groups is 1. The van der Waals surface area contributed by atoms with Crippen molar-refractivity contribution in [2.45, 2.75) is 52.4 Å². The Hall–Kier alpha value is -3.87. The zero-order valence-electron chi connectivity index (χ0n) is 20.3. The minimum absolute atomic E-state index is 0.0573. The van der Waals surface area contributed by atoms with Crippen molar-refractivity contribution in [1.82, 2.24) is 44.3 Å². The van der Waals surface area contributed by atoms with Crippen LogP contribution in [0.5, 0.6) is 5.88 Å². The van der Waals surface area contributed by atoms with Gasteiger partial charge in [-0.1, -0.05) is 5.16 Å². The van der Waals surface area contributed by atoms with E-state index < -0.39 is 11.5 Å². The number of hydrogen-bond donors (Lipinski definition) is 1. The van der Waals surface area contributed by atoms with Gasteiger partial charge in [0.2, 0.25) is 11.7 Å². The standard InChI is InChI=1S/C22H27N9O4/c1-6-31-12(2)14(9-25-31)16-26-15-17(29(16)5)23-11-24-18(15)34-13-7-8-30(10-13)20(32)19-27-21(28-35-19)22(3,4)33/h9,11,13,33H,6-8,10H2,1-5H3/t13-/m0/s1. The van der Waals surface area contributed by atoms with Gasteiger partial charge in [-0.25, -0.2) is 9.97 Å². The van der Waals surface area contributed by atoms with E-state index in [9.17, 15) is 9.90 Å². The second-order valence-electron chi connectivity index (χ2n) is 9.07. The number of aryl methyl sites for hydroxylation is 2. The SMILES string of the molecule is CCn1ncc(-c2nc3c(O[C@H]4CCN(C(=O)c5nc(C(C)(C)O)no5)C4)ncnc3n2C)c1C. The average Bonchev–Trinajstić information content (AvgIpc) is 3.60. The van der Waals surface area contributed by atoms with Gasteiger partial charge in [0.1, 0.15) is 23.9 Å². The van der Waals surface area contributed by atoms with Gasteiger partial charge >= 0.3 is 11.8 Å². The molecule has 0 saturated carbocycles. The zero-order chi connectivity index (χ0) is 24.9. The maximum Gasteiger partial charge on any atom is 0.316 e. The summed E-state index contributed by atoms with van der Waals surface area (Å²) in [6.07, 6.45) is 3.56. The number of aromatic nitrogens is 8. The van der Waals surface area contributed by atoms with Crippen LogP contribution < -0.4 is 4.74 Å². The second-order valence-corrected chi connectivity index (χ2v) is 9.07. The highest BCUT2D eigenvalue weighted by Crippen LogP contribution is 2.30. The Bertz CT molecular complexity index is 1400. The first kappa shape index (κ1) is 22.9. The molecule has 0 spiro atoms. The van der Waals surface area contributed by atoms with Gasteiger partial charge in [-0.15, -0.1) is 0 Å². The Balaban J connectivity index is 1.35. The molecule has 5 heterocycles. The first-order chi connectivity index (χ1) is 16.7. The van der Waals surface area contributed by atoms with Crippen molar-refractivity contribution in [3.05, 3.63) is 29.9 Å². The van der Waals surface area contributed by atoms with E-state index in [4.69, 9.17) is 14.2 Å². The lowest BCUT2D eigenvalue weighted by Crippen LogP contribution is -2.31. The summed E-state index contributed by atoms with van der Waals surface area (Å²) >= 11 is 0. The molecule has 35 heavy (non-hydrogen) atoms. The number of amides is 1. The molecule has 0 unspecified atom stereocenters. The fraction of sp³-hybridized carbons (Fsp3) is 0.500. The molecular formula is C22H27N9O4. The molecule has 0 radical (unpaired) electrons. The summed E-state index contributed by atoms with van der Waals surface area (Å²) in [6.45, 7) is 8.64. The molecule has 0 aliphatic carbocycles. The monoisotopic (exact) mass is 481 g/mol. The van der Waals surface area contributed by atoms with Crippen LogP contribution in [0.1, 0.15) is 49.4 Å². The van der Waals surface area contributed by atoms with Crippen LogP contribution in [0.25, 0.3) is 22.6 Å². The molecule has 1 fully saturated rings. The number of aliphatic hydroxyl groups is 1. The number of fused-ring (bicyclic) bond motifs is 1. The Kier molecular flexibility index (Phi) is 5.50. The molecule has 1 N–H and O–H groups in total. The molecule has 1 saturated heterocycles. The maximum atomic E-state index is 12.8. The third kappa shape index (κ3) is 4.01. The highest BCUT2D eigenvalue weighted by Gasteiger charge is 2.33. The van der Waals surface area contributed by atoms with Crippen molar-refractivity contribution in [2.75, 3.05) is 13.1 Å². The number of nitrogens with zero attached hydrogens (tertiary/aromatic N) is 9. The molecule has 184 valence electrons.